The number of carbonyl (C=O) groups excluding carboxylic acids is 4. The van der Waals surface area contributed by atoms with Gasteiger partial charge in [-0.1, -0.05) is 31.0 Å². The number of anilines is 1. The highest BCUT2D eigenvalue weighted by Gasteiger charge is 2.48. The van der Waals surface area contributed by atoms with Gasteiger partial charge in [0.2, 0.25) is 11.8 Å². The normalized spacial score (nSPS) is 24.1. The largest absolute Gasteiger partial charge is 0.454 e. The van der Waals surface area contributed by atoms with Crippen LogP contribution in [0.2, 0.25) is 0 Å². The third-order valence-electron chi connectivity index (χ3n) is 6.33. The lowest BCUT2D eigenvalue weighted by Crippen LogP contribution is -2.50. The molecule has 160 valence electrons. The fraction of sp³-hybridized carbons (Fsp3) is 0.545. The van der Waals surface area contributed by atoms with Gasteiger partial charge in [-0.05, 0) is 25.0 Å². The first-order chi connectivity index (χ1) is 14.5. The minimum Gasteiger partial charge on any atom is -0.454 e. The number of piperazine rings is 1. The van der Waals surface area contributed by atoms with E-state index >= 15 is 0 Å². The molecule has 1 saturated carbocycles. The molecule has 8 heteroatoms. The number of esters is 1. The maximum Gasteiger partial charge on any atom is 0.326 e. The van der Waals surface area contributed by atoms with E-state index in [1.807, 2.05) is 30.3 Å². The number of para-hydroxylation sites is 1. The quantitative estimate of drug-likeness (QED) is 0.530. The predicted molar refractivity (Wildman–Crippen MR) is 108 cm³/mol. The highest BCUT2D eigenvalue weighted by Crippen LogP contribution is 2.37. The average molecular weight is 413 g/mol. The van der Waals surface area contributed by atoms with Crippen LogP contribution in [0.15, 0.2) is 30.3 Å². The van der Waals surface area contributed by atoms with Crippen molar-refractivity contribution >= 4 is 29.4 Å². The zero-order chi connectivity index (χ0) is 21.1. The van der Waals surface area contributed by atoms with Gasteiger partial charge in [-0.2, -0.15) is 0 Å². The summed E-state index contributed by atoms with van der Waals surface area (Å²) in [5, 5.41) is 0. The van der Waals surface area contributed by atoms with Gasteiger partial charge in [0, 0.05) is 31.9 Å². The van der Waals surface area contributed by atoms with Crippen LogP contribution in [0.5, 0.6) is 0 Å². The first-order valence-corrected chi connectivity index (χ1v) is 10.6. The number of likely N-dealkylation sites (tertiary alicyclic amines) is 1. The summed E-state index contributed by atoms with van der Waals surface area (Å²) >= 11 is 0. The fourth-order valence-corrected chi connectivity index (χ4v) is 4.65. The van der Waals surface area contributed by atoms with Crippen molar-refractivity contribution in [3.63, 3.8) is 0 Å². The van der Waals surface area contributed by atoms with Gasteiger partial charge in [-0.25, -0.2) is 0 Å². The molecular formula is C22H27N3O5. The molecule has 3 aliphatic rings. The molecule has 3 fully saturated rings. The molecule has 0 N–H and O–H groups in total. The van der Waals surface area contributed by atoms with E-state index in [1.54, 1.807) is 4.90 Å². The molecule has 1 aliphatic carbocycles. The van der Waals surface area contributed by atoms with Crippen molar-refractivity contribution in [2.24, 2.45) is 11.8 Å². The number of amides is 3. The Hall–Kier alpha value is -2.90. The Kier molecular flexibility index (Phi) is 6.01. The van der Waals surface area contributed by atoms with Crippen molar-refractivity contribution in [2.45, 2.75) is 25.7 Å². The maximum atomic E-state index is 12.4. The molecular weight excluding hydrogens is 386 g/mol. The van der Waals surface area contributed by atoms with Crippen LogP contribution < -0.4 is 4.90 Å². The van der Waals surface area contributed by atoms with Gasteiger partial charge in [0.25, 0.3) is 5.91 Å². The molecule has 0 bridgehead atoms. The Bertz CT molecular complexity index is 795. The molecule has 2 atom stereocenters. The molecule has 8 nitrogen and oxygen atoms in total. The van der Waals surface area contributed by atoms with Crippen molar-refractivity contribution in [1.29, 1.82) is 0 Å². The second-order valence-corrected chi connectivity index (χ2v) is 8.12. The summed E-state index contributed by atoms with van der Waals surface area (Å²) in [4.78, 5) is 54.3. The Labute approximate surface area is 175 Å². The number of benzene rings is 1. The van der Waals surface area contributed by atoms with Crippen molar-refractivity contribution in [1.82, 2.24) is 9.80 Å². The Morgan fingerprint density at radius 3 is 2.10 bits per heavy atom. The maximum absolute atomic E-state index is 12.4. The second-order valence-electron chi connectivity index (χ2n) is 8.12. The molecule has 0 radical (unpaired) electrons. The van der Waals surface area contributed by atoms with Crippen LogP contribution in [0.4, 0.5) is 5.69 Å². The van der Waals surface area contributed by atoms with Gasteiger partial charge in [-0.15, -0.1) is 0 Å². The third kappa shape index (κ3) is 4.17. The smallest absolute Gasteiger partial charge is 0.326 e. The van der Waals surface area contributed by atoms with Crippen LogP contribution in [-0.4, -0.2) is 72.8 Å². The number of imide groups is 1. The molecule has 1 aromatic carbocycles. The van der Waals surface area contributed by atoms with Crippen molar-refractivity contribution < 1.29 is 23.9 Å². The van der Waals surface area contributed by atoms with Crippen LogP contribution in [0.1, 0.15) is 25.7 Å². The molecule has 0 unspecified atom stereocenters. The van der Waals surface area contributed by atoms with Crippen molar-refractivity contribution in [3.8, 4) is 0 Å². The molecule has 3 amide bonds. The van der Waals surface area contributed by atoms with E-state index in [0.29, 0.717) is 39.0 Å². The van der Waals surface area contributed by atoms with Crippen LogP contribution >= 0.6 is 0 Å². The van der Waals surface area contributed by atoms with E-state index in [9.17, 15) is 19.2 Å². The van der Waals surface area contributed by atoms with E-state index in [-0.39, 0.29) is 36.2 Å². The highest BCUT2D eigenvalue weighted by molar-refractivity contribution is 6.07. The van der Waals surface area contributed by atoms with E-state index in [1.165, 1.54) is 0 Å². The summed E-state index contributed by atoms with van der Waals surface area (Å²) in [5.41, 5.74) is 1.12. The van der Waals surface area contributed by atoms with Crippen LogP contribution in [-0.2, 0) is 23.9 Å². The Balaban J connectivity index is 1.22. The molecule has 0 aromatic heterocycles. The highest BCUT2D eigenvalue weighted by atomic mass is 16.5. The molecule has 2 heterocycles. The summed E-state index contributed by atoms with van der Waals surface area (Å²) in [6, 6.07) is 10.0. The summed E-state index contributed by atoms with van der Waals surface area (Å²) < 4.78 is 5.09. The topological polar surface area (TPSA) is 87.2 Å². The fourth-order valence-electron chi connectivity index (χ4n) is 4.65. The number of nitrogens with zero attached hydrogens (tertiary/aromatic N) is 3. The SMILES string of the molecule is O=C(CN1C(=O)[C@@H]2CCCC[C@H]2C1=O)OCC(=O)N1CCN(c2ccccc2)CC1. The van der Waals surface area contributed by atoms with E-state index in [0.717, 1.165) is 23.4 Å². The zero-order valence-electron chi connectivity index (χ0n) is 17.0. The predicted octanol–water partition coefficient (Wildman–Crippen LogP) is 1.05. The molecule has 4 rings (SSSR count). The summed E-state index contributed by atoms with van der Waals surface area (Å²) in [6.45, 7) is 1.76. The monoisotopic (exact) mass is 413 g/mol. The summed E-state index contributed by atoms with van der Waals surface area (Å²) in [6.07, 6.45) is 3.28. The van der Waals surface area contributed by atoms with Gasteiger partial charge < -0.3 is 14.5 Å². The lowest BCUT2D eigenvalue weighted by Gasteiger charge is -2.36. The van der Waals surface area contributed by atoms with Crippen LogP contribution in [0.25, 0.3) is 0 Å². The van der Waals surface area contributed by atoms with Crippen LogP contribution in [0.3, 0.4) is 0 Å². The molecule has 2 aliphatic heterocycles. The van der Waals surface area contributed by atoms with Crippen LogP contribution in [0, 0.1) is 11.8 Å². The Morgan fingerprint density at radius 2 is 1.50 bits per heavy atom. The Morgan fingerprint density at radius 1 is 0.900 bits per heavy atom. The van der Waals surface area contributed by atoms with Crippen molar-refractivity contribution in [2.75, 3.05) is 44.2 Å². The third-order valence-corrected chi connectivity index (χ3v) is 6.33. The average Bonchev–Trinajstić information content (AvgIpc) is 3.03. The molecule has 1 aromatic rings. The molecule has 30 heavy (non-hydrogen) atoms. The second kappa shape index (κ2) is 8.85. The number of rotatable bonds is 5. The van der Waals surface area contributed by atoms with Gasteiger partial charge in [-0.3, -0.25) is 24.1 Å². The van der Waals surface area contributed by atoms with E-state index < -0.39 is 12.5 Å². The first kappa shape index (κ1) is 20.4. The standard InChI is InChI=1S/C22H27N3O5/c26-19(24-12-10-23(11-13-24)16-6-2-1-3-7-16)15-30-20(27)14-25-21(28)17-8-4-5-9-18(17)22(25)29/h1-3,6-7,17-18H,4-5,8-15H2/t17-,18-/m1/s1. The van der Waals surface area contributed by atoms with Gasteiger partial charge in [0.1, 0.15) is 6.54 Å². The first-order valence-electron chi connectivity index (χ1n) is 10.6. The summed E-state index contributed by atoms with van der Waals surface area (Å²) in [5.74, 6) is -2.10. The lowest BCUT2D eigenvalue weighted by atomic mass is 9.81. The summed E-state index contributed by atoms with van der Waals surface area (Å²) in [7, 11) is 0. The number of fused-ring (bicyclic) bond motifs is 1. The number of hydrogen-bond donors (Lipinski definition) is 0. The van der Waals surface area contributed by atoms with Gasteiger partial charge in [0.15, 0.2) is 6.61 Å². The molecule has 2 saturated heterocycles. The number of hydrogen-bond acceptors (Lipinski definition) is 6. The lowest BCUT2D eigenvalue weighted by molar-refractivity contribution is -0.156. The number of ether oxygens (including phenoxy) is 1. The van der Waals surface area contributed by atoms with E-state index in [2.05, 4.69) is 4.90 Å². The van der Waals surface area contributed by atoms with Gasteiger partial charge >= 0.3 is 5.97 Å². The minimum atomic E-state index is -0.716. The zero-order valence-corrected chi connectivity index (χ0v) is 17.0. The van der Waals surface area contributed by atoms with E-state index in [4.69, 9.17) is 4.74 Å². The van der Waals surface area contributed by atoms with Crippen molar-refractivity contribution in [3.05, 3.63) is 30.3 Å². The molecule has 0 spiro atoms. The van der Waals surface area contributed by atoms with Gasteiger partial charge in [0.05, 0.1) is 11.8 Å². The number of carbonyl (C=O) groups is 4. The minimum absolute atomic E-state index is 0.260.